The molecule has 0 aromatic carbocycles. The molecule has 0 spiro atoms. The molecule has 0 radical (unpaired) electrons. The highest BCUT2D eigenvalue weighted by Crippen LogP contribution is 2.09. The van der Waals surface area contributed by atoms with Crippen molar-refractivity contribution in [2.75, 3.05) is 12.1 Å². The van der Waals surface area contributed by atoms with Gasteiger partial charge in [0.25, 0.3) is 0 Å². The van der Waals surface area contributed by atoms with Gasteiger partial charge in [-0.25, -0.2) is 16.1 Å². The molecule has 0 unspecified atom stereocenters. The molecule has 1 aromatic heterocycles. The maximum Gasteiger partial charge on any atom is 0.347 e. The van der Waals surface area contributed by atoms with Crippen LogP contribution in [0.5, 0.6) is 0 Å². The number of urea groups is 1. The number of nitrogens with two attached hydrogens (primary N) is 1. The molecule has 0 aliphatic carbocycles. The Balaban J connectivity index is 2.49. The molecule has 1 heterocycles. The van der Waals surface area contributed by atoms with Gasteiger partial charge in [-0.3, -0.25) is 10.4 Å². The van der Waals surface area contributed by atoms with E-state index in [1.54, 1.807) is 19.2 Å². The minimum Gasteiger partial charge on any atom is -0.447 e. The lowest BCUT2D eigenvalue weighted by Crippen LogP contribution is -2.47. The molecule has 4 N–H and O–H groups in total. The largest absolute Gasteiger partial charge is 0.447 e. The van der Waals surface area contributed by atoms with Crippen molar-refractivity contribution in [1.29, 1.82) is 0 Å². The van der Waals surface area contributed by atoms with Gasteiger partial charge in [-0.1, -0.05) is 0 Å². The average Bonchev–Trinajstić information content (AvgIpc) is 2.56. The number of carbonyl (C=O) groups is 1. The van der Waals surface area contributed by atoms with Crippen LogP contribution < -0.4 is 21.7 Å². The quantitative estimate of drug-likeness (QED) is 0.326. The molecule has 0 atom stereocenters. The monoisotopic (exact) mass is 170 g/mol. The SMILES string of the molecule is CN(NC(=O)NN)c1ccco1. The van der Waals surface area contributed by atoms with Gasteiger partial charge in [0.15, 0.2) is 0 Å². The van der Waals surface area contributed by atoms with Crippen LogP contribution in [0.3, 0.4) is 0 Å². The second kappa shape index (κ2) is 3.63. The summed E-state index contributed by atoms with van der Waals surface area (Å²) in [5, 5.41) is 1.40. The van der Waals surface area contributed by atoms with E-state index in [9.17, 15) is 4.79 Å². The van der Waals surface area contributed by atoms with E-state index in [1.165, 1.54) is 11.3 Å². The van der Waals surface area contributed by atoms with Gasteiger partial charge in [0.05, 0.1) is 6.26 Å². The van der Waals surface area contributed by atoms with Gasteiger partial charge in [-0.15, -0.1) is 0 Å². The second-order valence-corrected chi connectivity index (χ2v) is 2.10. The fraction of sp³-hybridized carbons (Fsp3) is 0.167. The molecule has 12 heavy (non-hydrogen) atoms. The van der Waals surface area contributed by atoms with E-state index >= 15 is 0 Å². The molecular formula is C6H10N4O2. The van der Waals surface area contributed by atoms with Crippen molar-refractivity contribution in [2.24, 2.45) is 5.84 Å². The van der Waals surface area contributed by atoms with Crippen molar-refractivity contribution in [1.82, 2.24) is 10.9 Å². The van der Waals surface area contributed by atoms with Crippen molar-refractivity contribution in [3.63, 3.8) is 0 Å². The van der Waals surface area contributed by atoms with Crippen LogP contribution in [0.25, 0.3) is 0 Å². The van der Waals surface area contributed by atoms with Gasteiger partial charge < -0.3 is 4.42 Å². The molecule has 0 saturated heterocycles. The number of nitrogens with one attached hydrogen (secondary N) is 2. The van der Waals surface area contributed by atoms with Crippen molar-refractivity contribution in [3.05, 3.63) is 18.4 Å². The molecule has 1 aromatic rings. The number of anilines is 1. The maximum atomic E-state index is 10.7. The highest BCUT2D eigenvalue weighted by atomic mass is 16.4. The first-order chi connectivity index (χ1) is 5.74. The van der Waals surface area contributed by atoms with Crippen LogP contribution in [-0.2, 0) is 0 Å². The summed E-state index contributed by atoms with van der Waals surface area (Å²) in [5.41, 5.74) is 4.32. The molecule has 0 saturated carbocycles. The van der Waals surface area contributed by atoms with E-state index in [0.29, 0.717) is 5.88 Å². The summed E-state index contributed by atoms with van der Waals surface area (Å²) in [6.07, 6.45) is 1.51. The second-order valence-electron chi connectivity index (χ2n) is 2.10. The fourth-order valence-electron chi connectivity index (χ4n) is 0.700. The minimum absolute atomic E-state index is 0.506. The predicted octanol–water partition coefficient (Wildman–Crippen LogP) is -0.196. The summed E-state index contributed by atoms with van der Waals surface area (Å²) in [7, 11) is 1.63. The first-order valence-corrected chi connectivity index (χ1v) is 3.28. The summed E-state index contributed by atoms with van der Waals surface area (Å²) >= 11 is 0. The Labute approximate surface area is 69.3 Å². The first-order valence-electron chi connectivity index (χ1n) is 3.28. The lowest BCUT2D eigenvalue weighted by atomic mass is 10.6. The molecule has 1 rings (SSSR count). The summed E-state index contributed by atoms with van der Waals surface area (Å²) in [6.45, 7) is 0. The molecule has 0 bridgehead atoms. The van der Waals surface area contributed by atoms with Crippen LogP contribution in [0.15, 0.2) is 22.8 Å². The Morgan fingerprint density at radius 2 is 2.50 bits per heavy atom. The molecule has 0 aliphatic rings. The highest BCUT2D eigenvalue weighted by molar-refractivity contribution is 5.74. The van der Waals surface area contributed by atoms with Crippen LogP contribution in [0, 0.1) is 0 Å². The van der Waals surface area contributed by atoms with E-state index in [1.807, 2.05) is 5.43 Å². The number of carbonyl (C=O) groups excluding carboxylic acids is 1. The van der Waals surface area contributed by atoms with Crippen LogP contribution in [0.2, 0.25) is 0 Å². The molecule has 0 aliphatic heterocycles. The molecular weight excluding hydrogens is 160 g/mol. The van der Waals surface area contributed by atoms with Gasteiger partial charge in [0.1, 0.15) is 0 Å². The van der Waals surface area contributed by atoms with Gasteiger partial charge in [-0.2, -0.15) is 0 Å². The van der Waals surface area contributed by atoms with E-state index in [2.05, 4.69) is 5.43 Å². The zero-order valence-corrected chi connectivity index (χ0v) is 6.57. The van der Waals surface area contributed by atoms with E-state index in [-0.39, 0.29) is 0 Å². The predicted molar refractivity (Wildman–Crippen MR) is 43.0 cm³/mol. The van der Waals surface area contributed by atoms with Crippen molar-refractivity contribution < 1.29 is 9.21 Å². The lowest BCUT2D eigenvalue weighted by molar-refractivity contribution is 0.240. The Bertz CT molecular complexity index is 246. The molecule has 2 amide bonds. The minimum atomic E-state index is -0.506. The van der Waals surface area contributed by atoms with Crippen LogP contribution >= 0.6 is 0 Å². The van der Waals surface area contributed by atoms with Crippen LogP contribution in [0.1, 0.15) is 0 Å². The standard InChI is InChI=1S/C6H10N4O2/c1-10(9-6(11)8-7)5-3-2-4-12-5/h2-4H,7H2,1H3,(H2,8,9,11). The van der Waals surface area contributed by atoms with Crippen molar-refractivity contribution in [2.45, 2.75) is 0 Å². The Kier molecular flexibility index (Phi) is 2.54. The average molecular weight is 170 g/mol. The lowest BCUT2D eigenvalue weighted by Gasteiger charge is -2.15. The van der Waals surface area contributed by atoms with Gasteiger partial charge in [-0.05, 0) is 6.07 Å². The van der Waals surface area contributed by atoms with E-state index in [0.717, 1.165) is 0 Å². The third-order valence-electron chi connectivity index (χ3n) is 1.24. The number of nitrogens with zero attached hydrogens (tertiary/aromatic N) is 1. The Morgan fingerprint density at radius 1 is 1.75 bits per heavy atom. The number of rotatable bonds is 2. The van der Waals surface area contributed by atoms with Crippen LogP contribution in [0.4, 0.5) is 10.7 Å². The molecule has 6 heteroatoms. The number of amides is 2. The van der Waals surface area contributed by atoms with Gasteiger partial charge in [0.2, 0.25) is 5.88 Å². The first kappa shape index (κ1) is 8.41. The number of hydrogen-bond donors (Lipinski definition) is 3. The Morgan fingerprint density at radius 3 is 3.00 bits per heavy atom. The zero-order chi connectivity index (χ0) is 8.97. The molecule has 6 nitrogen and oxygen atoms in total. The third kappa shape index (κ3) is 1.89. The van der Waals surface area contributed by atoms with E-state index in [4.69, 9.17) is 10.3 Å². The van der Waals surface area contributed by atoms with Gasteiger partial charge >= 0.3 is 6.03 Å². The fourth-order valence-corrected chi connectivity index (χ4v) is 0.700. The van der Waals surface area contributed by atoms with Gasteiger partial charge in [0, 0.05) is 13.1 Å². The van der Waals surface area contributed by atoms with Crippen molar-refractivity contribution >= 4 is 11.9 Å². The third-order valence-corrected chi connectivity index (χ3v) is 1.24. The Hall–Kier alpha value is -1.69. The molecule has 0 fully saturated rings. The smallest absolute Gasteiger partial charge is 0.347 e. The van der Waals surface area contributed by atoms with Crippen LogP contribution in [-0.4, -0.2) is 13.1 Å². The summed E-state index contributed by atoms with van der Waals surface area (Å²) < 4.78 is 4.98. The maximum absolute atomic E-state index is 10.7. The summed E-state index contributed by atoms with van der Waals surface area (Å²) in [6, 6.07) is 2.92. The van der Waals surface area contributed by atoms with E-state index < -0.39 is 6.03 Å². The molecule has 66 valence electrons. The summed E-state index contributed by atoms with van der Waals surface area (Å²) in [4.78, 5) is 10.7. The number of hydrazine groups is 2. The zero-order valence-electron chi connectivity index (χ0n) is 6.57. The number of furan rings is 1. The number of hydrogen-bond acceptors (Lipinski definition) is 4. The summed E-state index contributed by atoms with van der Waals surface area (Å²) in [5.74, 6) is 5.38. The topological polar surface area (TPSA) is 83.5 Å². The van der Waals surface area contributed by atoms with Crippen molar-refractivity contribution in [3.8, 4) is 0 Å². The highest BCUT2D eigenvalue weighted by Gasteiger charge is 2.04. The normalized spacial score (nSPS) is 9.17.